The van der Waals surface area contributed by atoms with Gasteiger partial charge in [0, 0.05) is 22.3 Å². The zero-order valence-corrected chi connectivity index (χ0v) is 53.4. The summed E-state index contributed by atoms with van der Waals surface area (Å²) in [5, 5.41) is 0. The van der Waals surface area contributed by atoms with Gasteiger partial charge in [-0.1, -0.05) is 332 Å². The van der Waals surface area contributed by atoms with Crippen LogP contribution in [0.4, 0.5) is 0 Å². The molecule has 416 valence electrons. The van der Waals surface area contributed by atoms with Crippen LogP contribution in [0.1, 0.15) is 307 Å². The van der Waals surface area contributed by atoms with E-state index in [1.807, 2.05) is 0 Å². The Balaban J connectivity index is 0.000000390. The summed E-state index contributed by atoms with van der Waals surface area (Å²) < 4.78 is 6.64. The maximum atomic E-state index is 2.43. The molecule has 0 radical (unpaired) electrons. The molecule has 0 atom stereocenters. The smallest absolute Gasteiger partial charge is 0.0654 e. The number of halogens is 2. The summed E-state index contributed by atoms with van der Waals surface area (Å²) in [6, 6.07) is 37.4. The predicted octanol–water partition coefficient (Wildman–Crippen LogP) is 17.5. The van der Waals surface area contributed by atoms with Crippen LogP contribution in [0.15, 0.2) is 97.1 Å². The first kappa shape index (κ1) is 66.6. The summed E-state index contributed by atoms with van der Waals surface area (Å²) in [4.78, 5) is 0. The van der Waals surface area contributed by atoms with Crippen LogP contribution in [-0.4, -0.2) is 0 Å². The van der Waals surface area contributed by atoms with Gasteiger partial charge < -0.3 is 0 Å². The van der Waals surface area contributed by atoms with E-state index in [0.29, 0.717) is 0 Å². The van der Waals surface area contributed by atoms with Gasteiger partial charge in [0.25, 0.3) is 0 Å². The molecule has 0 aromatic heterocycles. The lowest BCUT2D eigenvalue weighted by molar-refractivity contribution is -0.599. The molecule has 0 saturated carbocycles. The average molecular weight is 1240 g/mol. The lowest BCUT2D eigenvalue weighted by Crippen LogP contribution is -3.62. The Morgan fingerprint density at radius 1 is 0.189 bits per heavy atom. The van der Waals surface area contributed by atoms with Gasteiger partial charge in [0.1, 0.15) is 0 Å². The Morgan fingerprint density at radius 2 is 0.338 bits per heavy atom. The molecule has 2 heteroatoms. The number of rotatable bonds is 48. The maximum absolute atomic E-state index is 2.43. The SMILES string of the molecule is CCCCCCCCCCCCc1ccccc1[I+]c1ccccc1CCCCCCCCCCCC.CCCCCCCCCCCCc1ccccc1[I+]c1ccccc1CCCCCCCCCCCC. The van der Waals surface area contributed by atoms with E-state index in [0.717, 1.165) is 0 Å². The molecule has 0 aliphatic carbocycles. The van der Waals surface area contributed by atoms with Crippen molar-refractivity contribution in [2.24, 2.45) is 0 Å². The number of unbranched alkanes of at least 4 members (excludes halogenated alkanes) is 36. The molecule has 4 aromatic carbocycles. The first-order valence-electron chi connectivity index (χ1n) is 32.3. The minimum Gasteiger partial charge on any atom is -0.0654 e. The highest BCUT2D eigenvalue weighted by Gasteiger charge is 2.24. The number of hydrogen-bond donors (Lipinski definition) is 0. The van der Waals surface area contributed by atoms with Crippen molar-refractivity contribution in [3.8, 4) is 0 Å². The molecule has 4 rings (SSSR count). The third-order valence-corrected chi connectivity index (χ3v) is 22.0. The van der Waals surface area contributed by atoms with E-state index >= 15 is 0 Å². The molecule has 0 heterocycles. The first-order valence-corrected chi connectivity index (χ1v) is 36.6. The second kappa shape index (κ2) is 49.6. The highest BCUT2D eigenvalue weighted by atomic mass is 127. The highest BCUT2D eigenvalue weighted by molar-refractivity contribution is 5.19. The van der Waals surface area contributed by atoms with Crippen LogP contribution in [0.5, 0.6) is 0 Å². The summed E-state index contributed by atoms with van der Waals surface area (Å²) in [5.41, 5.74) is 6.51. The molecule has 0 spiro atoms. The second-order valence-electron chi connectivity index (χ2n) is 22.3. The summed E-state index contributed by atoms with van der Waals surface area (Å²) >= 11 is -0.189. The fourth-order valence-corrected chi connectivity index (χ4v) is 16.6. The summed E-state index contributed by atoms with van der Waals surface area (Å²) in [7, 11) is 0. The molecule has 0 N–H and O–H groups in total. The zero-order chi connectivity index (χ0) is 52.5. The monoisotopic (exact) mass is 1230 g/mol. The van der Waals surface area contributed by atoms with E-state index in [1.165, 1.54) is 283 Å². The largest absolute Gasteiger partial charge is 0.358 e. The van der Waals surface area contributed by atoms with Gasteiger partial charge in [-0.2, -0.15) is 0 Å². The summed E-state index contributed by atoms with van der Waals surface area (Å²) in [6.07, 6.45) is 61.8. The van der Waals surface area contributed by atoms with Crippen LogP contribution in [0.3, 0.4) is 0 Å². The molecule has 0 aliphatic rings. The molecular formula is C72H116I2+2. The van der Waals surface area contributed by atoms with Gasteiger partial charge >= 0.3 is 42.4 Å². The first-order chi connectivity index (χ1) is 36.7. The van der Waals surface area contributed by atoms with Crippen molar-refractivity contribution in [2.75, 3.05) is 0 Å². The third kappa shape index (κ3) is 35.0. The minimum absolute atomic E-state index is 0.0947. The van der Waals surface area contributed by atoms with Crippen molar-refractivity contribution in [1.82, 2.24) is 0 Å². The van der Waals surface area contributed by atoms with Crippen LogP contribution in [0.25, 0.3) is 0 Å². The lowest BCUT2D eigenvalue weighted by atomic mass is 10.0. The molecule has 0 nitrogen and oxygen atoms in total. The van der Waals surface area contributed by atoms with E-state index in [9.17, 15) is 0 Å². The van der Waals surface area contributed by atoms with Crippen molar-refractivity contribution < 1.29 is 42.4 Å². The molecule has 0 saturated heterocycles. The number of benzene rings is 4. The Morgan fingerprint density at radius 3 is 0.514 bits per heavy atom. The fourth-order valence-electron chi connectivity index (χ4n) is 10.6. The lowest BCUT2D eigenvalue weighted by Gasteiger charge is -2.05. The van der Waals surface area contributed by atoms with Gasteiger partial charge in [-0.15, -0.1) is 0 Å². The molecule has 0 fully saturated rings. The van der Waals surface area contributed by atoms with Crippen LogP contribution < -0.4 is 42.4 Å². The van der Waals surface area contributed by atoms with E-state index in [4.69, 9.17) is 0 Å². The maximum Gasteiger partial charge on any atom is 0.358 e. The quantitative estimate of drug-likeness (QED) is 0.0305. The zero-order valence-electron chi connectivity index (χ0n) is 49.1. The number of hydrogen-bond acceptors (Lipinski definition) is 0. The normalized spacial score (nSPS) is 11.3. The summed E-state index contributed by atoms with van der Waals surface area (Å²) in [6.45, 7) is 9.22. The van der Waals surface area contributed by atoms with Gasteiger partial charge in [-0.05, 0) is 75.6 Å². The second-order valence-corrected chi connectivity index (χ2v) is 28.0. The molecular weight excluding hydrogens is 1120 g/mol. The molecule has 0 aliphatic heterocycles. The highest BCUT2D eigenvalue weighted by Crippen LogP contribution is 2.17. The van der Waals surface area contributed by atoms with Crippen molar-refractivity contribution in [3.63, 3.8) is 0 Å². The standard InChI is InChI=1S/2C36H58I/c2*1-3-5-7-9-11-13-15-17-19-21-27-33-29-23-25-31-35(33)37-36-32-26-24-30-34(36)28-22-20-18-16-14-12-10-8-6-4-2/h2*23-26,29-32H,3-22,27-28H2,1-2H3/q2*+1. The average Bonchev–Trinajstić information content (AvgIpc) is 3.42. The fraction of sp³-hybridized carbons (Fsp3) is 0.667. The van der Waals surface area contributed by atoms with Gasteiger partial charge in [-0.3, -0.25) is 0 Å². The molecule has 0 bridgehead atoms. The van der Waals surface area contributed by atoms with Gasteiger partial charge in [-0.25, -0.2) is 0 Å². The van der Waals surface area contributed by atoms with Crippen LogP contribution in [0.2, 0.25) is 0 Å². The van der Waals surface area contributed by atoms with Gasteiger partial charge in [0.15, 0.2) is 14.3 Å². The third-order valence-electron chi connectivity index (χ3n) is 15.4. The molecule has 4 aromatic rings. The van der Waals surface area contributed by atoms with E-state index < -0.39 is 0 Å². The van der Waals surface area contributed by atoms with Crippen molar-refractivity contribution in [3.05, 3.63) is 134 Å². The molecule has 74 heavy (non-hydrogen) atoms. The van der Waals surface area contributed by atoms with Crippen LogP contribution in [0, 0.1) is 14.3 Å². The topological polar surface area (TPSA) is 0 Å². The summed E-state index contributed by atoms with van der Waals surface area (Å²) in [5.74, 6) is 0. The van der Waals surface area contributed by atoms with Crippen molar-refractivity contribution in [1.29, 1.82) is 0 Å². The Labute approximate surface area is 482 Å². The Hall–Kier alpha value is -1.66. The van der Waals surface area contributed by atoms with Crippen molar-refractivity contribution >= 4 is 0 Å². The van der Waals surface area contributed by atoms with Crippen LogP contribution in [-0.2, 0) is 25.7 Å². The van der Waals surface area contributed by atoms with Crippen LogP contribution >= 0.6 is 0 Å². The van der Waals surface area contributed by atoms with Gasteiger partial charge in [0.05, 0.1) is 0 Å². The Kier molecular flexibility index (Phi) is 44.7. The molecule has 0 unspecified atom stereocenters. The number of aryl methyl sites for hydroxylation is 4. The predicted molar refractivity (Wildman–Crippen MR) is 323 cm³/mol. The van der Waals surface area contributed by atoms with E-state index in [-0.39, 0.29) is 42.4 Å². The minimum atomic E-state index is -0.0947. The van der Waals surface area contributed by atoms with Gasteiger partial charge in [0.2, 0.25) is 0 Å². The Bertz CT molecular complexity index is 1560. The van der Waals surface area contributed by atoms with E-state index in [1.54, 1.807) is 36.5 Å². The van der Waals surface area contributed by atoms with E-state index in [2.05, 4.69) is 125 Å². The van der Waals surface area contributed by atoms with Crippen molar-refractivity contribution in [2.45, 2.75) is 310 Å². The molecule has 0 amide bonds.